The van der Waals surface area contributed by atoms with Gasteiger partial charge in [0.2, 0.25) is 0 Å². The number of methoxy groups -OCH3 is 1. The number of ether oxygens (including phenoxy) is 1. The van der Waals surface area contributed by atoms with E-state index in [9.17, 15) is 30.7 Å². The van der Waals surface area contributed by atoms with Gasteiger partial charge in [0.05, 0.1) is 5.92 Å². The van der Waals surface area contributed by atoms with Gasteiger partial charge in [0.1, 0.15) is 0 Å². The highest BCUT2D eigenvalue weighted by Gasteiger charge is 2.62. The van der Waals surface area contributed by atoms with Crippen LogP contribution in [0.2, 0.25) is 0 Å². The van der Waals surface area contributed by atoms with Crippen molar-refractivity contribution in [3.63, 3.8) is 0 Å². The van der Waals surface area contributed by atoms with Crippen molar-refractivity contribution in [2.45, 2.75) is 43.9 Å². The molecule has 0 aromatic rings. The molecule has 0 aromatic heterocycles. The largest absolute Gasteiger partial charge is 0.453 e. The lowest BCUT2D eigenvalue weighted by Crippen LogP contribution is -2.46. The Balaban J connectivity index is 2.65. The number of hydrogen-bond acceptors (Lipinski definition) is 1. The maximum absolute atomic E-state index is 13.1. The normalized spacial score (nSPS) is 27.3. The summed E-state index contributed by atoms with van der Waals surface area (Å²) in [5.41, 5.74) is 0. The van der Waals surface area contributed by atoms with E-state index in [1.165, 1.54) is 0 Å². The number of halogens is 7. The molecule has 0 aromatic carbocycles. The molecule has 1 aliphatic carbocycles. The van der Waals surface area contributed by atoms with Crippen LogP contribution in [0.4, 0.5) is 30.7 Å². The summed E-state index contributed by atoms with van der Waals surface area (Å²) in [7, 11) is 0.774. The van der Waals surface area contributed by atoms with Gasteiger partial charge in [-0.15, -0.1) is 0 Å². The molecular formula is C10H13F7O. The van der Waals surface area contributed by atoms with Crippen LogP contribution in [0, 0.1) is 11.8 Å². The zero-order valence-electron chi connectivity index (χ0n) is 9.54. The van der Waals surface area contributed by atoms with E-state index in [4.69, 9.17) is 0 Å². The third kappa shape index (κ3) is 2.89. The van der Waals surface area contributed by atoms with E-state index in [2.05, 4.69) is 4.74 Å². The molecule has 0 bridgehead atoms. The average Bonchev–Trinajstić information content (AvgIpc) is 2.27. The molecule has 0 saturated heterocycles. The van der Waals surface area contributed by atoms with Crippen molar-refractivity contribution in [2.75, 3.05) is 7.11 Å². The lowest BCUT2D eigenvalue weighted by atomic mass is 9.78. The first-order valence-corrected chi connectivity index (χ1v) is 5.40. The Morgan fingerprint density at radius 2 is 1.17 bits per heavy atom. The molecule has 1 fully saturated rings. The summed E-state index contributed by atoms with van der Waals surface area (Å²) in [5.74, 6) is -8.05. The van der Waals surface area contributed by atoms with Gasteiger partial charge < -0.3 is 4.74 Å². The second kappa shape index (κ2) is 4.86. The van der Waals surface area contributed by atoms with Crippen LogP contribution in [0.15, 0.2) is 0 Å². The Morgan fingerprint density at radius 3 is 1.50 bits per heavy atom. The van der Waals surface area contributed by atoms with Crippen LogP contribution in [-0.4, -0.2) is 25.3 Å². The lowest BCUT2D eigenvalue weighted by Gasteiger charge is -2.36. The summed E-state index contributed by atoms with van der Waals surface area (Å²) in [5, 5.41) is 0. The molecule has 0 unspecified atom stereocenters. The van der Waals surface area contributed by atoms with E-state index in [0.29, 0.717) is 0 Å². The molecular weight excluding hydrogens is 269 g/mol. The Bertz CT molecular complexity index is 278. The SMILES string of the molecule is COC(F)(F)C1CCC(C(F)(F)C(F)(F)F)CC1. The van der Waals surface area contributed by atoms with E-state index < -0.39 is 55.7 Å². The fraction of sp³-hybridized carbons (Fsp3) is 1.00. The minimum atomic E-state index is -5.63. The van der Waals surface area contributed by atoms with E-state index in [1.54, 1.807) is 0 Å². The Kier molecular flexibility index (Phi) is 4.19. The van der Waals surface area contributed by atoms with Crippen molar-refractivity contribution in [3.05, 3.63) is 0 Å². The van der Waals surface area contributed by atoms with Gasteiger partial charge >= 0.3 is 18.2 Å². The third-order valence-corrected chi connectivity index (χ3v) is 3.37. The van der Waals surface area contributed by atoms with Crippen molar-refractivity contribution < 1.29 is 35.5 Å². The fourth-order valence-electron chi connectivity index (χ4n) is 2.19. The minimum absolute atomic E-state index is 0.406. The van der Waals surface area contributed by atoms with Gasteiger partial charge in [0, 0.05) is 13.0 Å². The fourth-order valence-corrected chi connectivity index (χ4v) is 2.19. The summed E-state index contributed by atoms with van der Waals surface area (Å²) in [6.07, 6.45) is -11.1. The van der Waals surface area contributed by atoms with Crippen LogP contribution in [0.3, 0.4) is 0 Å². The third-order valence-electron chi connectivity index (χ3n) is 3.37. The smallest absolute Gasteiger partial charge is 0.324 e. The van der Waals surface area contributed by atoms with Gasteiger partial charge in [-0.2, -0.15) is 30.7 Å². The molecule has 8 heteroatoms. The predicted octanol–water partition coefficient (Wildman–Crippen LogP) is 4.23. The van der Waals surface area contributed by atoms with Crippen LogP contribution < -0.4 is 0 Å². The van der Waals surface area contributed by atoms with Crippen molar-refractivity contribution in [1.29, 1.82) is 0 Å². The highest BCUT2D eigenvalue weighted by Crippen LogP contribution is 2.49. The molecule has 0 aliphatic heterocycles. The zero-order valence-corrected chi connectivity index (χ0v) is 9.54. The molecule has 1 aliphatic rings. The molecule has 1 nitrogen and oxygen atoms in total. The highest BCUT2D eigenvalue weighted by molar-refractivity contribution is 4.89. The average molecular weight is 282 g/mol. The van der Waals surface area contributed by atoms with Gasteiger partial charge in [-0.1, -0.05) is 0 Å². The summed E-state index contributed by atoms with van der Waals surface area (Å²) < 4.78 is 92.3. The van der Waals surface area contributed by atoms with Crippen molar-refractivity contribution in [2.24, 2.45) is 11.8 Å². The zero-order chi connectivity index (χ0) is 14.2. The number of hydrogen-bond donors (Lipinski definition) is 0. The van der Waals surface area contributed by atoms with Crippen LogP contribution in [0.1, 0.15) is 25.7 Å². The molecule has 0 radical (unpaired) electrons. The Labute approximate surface area is 99.3 Å². The van der Waals surface area contributed by atoms with Crippen LogP contribution >= 0.6 is 0 Å². The molecule has 0 atom stereocenters. The van der Waals surface area contributed by atoms with Gasteiger partial charge in [0.25, 0.3) is 0 Å². The maximum Gasteiger partial charge on any atom is 0.453 e. The monoisotopic (exact) mass is 282 g/mol. The molecule has 0 heterocycles. The van der Waals surface area contributed by atoms with Crippen molar-refractivity contribution in [1.82, 2.24) is 0 Å². The first-order valence-electron chi connectivity index (χ1n) is 5.40. The maximum atomic E-state index is 13.1. The standard InChI is InChI=1S/C10H13F7O/c1-18-9(13,14)7-4-2-6(3-5-7)8(11,12)10(15,16)17/h6-7H,2-5H2,1H3. The summed E-state index contributed by atoms with van der Waals surface area (Å²) >= 11 is 0. The first kappa shape index (κ1) is 15.5. The van der Waals surface area contributed by atoms with Crippen LogP contribution in [-0.2, 0) is 4.74 Å². The van der Waals surface area contributed by atoms with E-state index in [0.717, 1.165) is 7.11 Å². The first-order chi connectivity index (χ1) is 8.02. The topological polar surface area (TPSA) is 9.23 Å². The Hall–Kier alpha value is -0.530. The van der Waals surface area contributed by atoms with Crippen LogP contribution in [0.5, 0.6) is 0 Å². The van der Waals surface area contributed by atoms with E-state index in [-0.39, 0.29) is 0 Å². The van der Waals surface area contributed by atoms with Crippen LogP contribution in [0.25, 0.3) is 0 Å². The van der Waals surface area contributed by atoms with Gasteiger partial charge in [-0.25, -0.2) is 0 Å². The molecule has 0 spiro atoms. The molecule has 18 heavy (non-hydrogen) atoms. The van der Waals surface area contributed by atoms with Gasteiger partial charge in [-0.05, 0) is 25.7 Å². The van der Waals surface area contributed by atoms with Gasteiger partial charge in [0.15, 0.2) is 0 Å². The summed E-state index contributed by atoms with van der Waals surface area (Å²) in [6.45, 7) is 0. The molecule has 1 rings (SSSR count). The molecule has 0 amide bonds. The second-order valence-corrected chi connectivity index (χ2v) is 4.44. The lowest BCUT2D eigenvalue weighted by molar-refractivity contribution is -0.312. The van der Waals surface area contributed by atoms with Gasteiger partial charge in [-0.3, -0.25) is 0 Å². The number of rotatable bonds is 3. The quantitative estimate of drug-likeness (QED) is 0.704. The molecule has 108 valence electrons. The summed E-state index contributed by atoms with van der Waals surface area (Å²) in [4.78, 5) is 0. The molecule has 0 N–H and O–H groups in total. The van der Waals surface area contributed by atoms with Crippen molar-refractivity contribution >= 4 is 0 Å². The second-order valence-electron chi connectivity index (χ2n) is 4.44. The predicted molar refractivity (Wildman–Crippen MR) is 48.4 cm³/mol. The number of alkyl halides is 7. The van der Waals surface area contributed by atoms with Crippen molar-refractivity contribution in [3.8, 4) is 0 Å². The highest BCUT2D eigenvalue weighted by atomic mass is 19.4. The Morgan fingerprint density at radius 1 is 0.778 bits per heavy atom. The minimum Gasteiger partial charge on any atom is -0.324 e. The molecule has 1 saturated carbocycles. The van der Waals surface area contributed by atoms with E-state index >= 15 is 0 Å². The summed E-state index contributed by atoms with van der Waals surface area (Å²) in [6, 6.07) is 0. The van der Waals surface area contributed by atoms with E-state index in [1.807, 2.05) is 0 Å².